The van der Waals surface area contributed by atoms with Gasteiger partial charge in [-0.1, -0.05) is 50.1 Å². The van der Waals surface area contributed by atoms with Crippen LogP contribution < -0.4 is 15.6 Å². The number of nitrogens with one attached hydrogen (secondary N) is 1. The van der Waals surface area contributed by atoms with E-state index in [1.807, 2.05) is 16.7 Å². The predicted molar refractivity (Wildman–Crippen MR) is 158 cm³/mol. The molecule has 5 rings (SSSR count). The number of carbonyl (C=O) groups is 2. The average Bonchev–Trinajstić information content (AvgIpc) is 3.52. The fraction of sp³-hybridized carbons (Fsp3) is 0.613. The first kappa shape index (κ1) is 29.8. The van der Waals surface area contributed by atoms with Crippen LogP contribution in [0.25, 0.3) is 0 Å². The summed E-state index contributed by atoms with van der Waals surface area (Å²) >= 11 is 1.77. The van der Waals surface area contributed by atoms with Crippen LogP contribution in [-0.2, 0) is 40.4 Å². The van der Waals surface area contributed by atoms with Crippen LogP contribution in [0.2, 0.25) is 0 Å². The third-order valence-corrected chi connectivity index (χ3v) is 9.48. The molecule has 3 heterocycles. The number of fused-ring (bicyclic) bond motifs is 1. The molecule has 1 aliphatic carbocycles. The van der Waals surface area contributed by atoms with E-state index in [9.17, 15) is 14.4 Å². The maximum atomic E-state index is 13.8. The Kier molecular flexibility index (Phi) is 10.5. The van der Waals surface area contributed by atoms with Gasteiger partial charge in [0.2, 0.25) is 5.91 Å². The standard InChI is InChI=1S/C31H42N4O5S/c1-2-29(37)40-23-12-10-22(11-13-23)19-32-16-14-28(36)34-17-15-27-26(21-34)30(38)35(20-24-7-6-18-39-24)31(33-27)41-25-8-4-3-5-9-25/h10-13,24-25,32H,2-9,14-21H2,1H3/t24-/m1/s1. The summed E-state index contributed by atoms with van der Waals surface area (Å²) in [6.07, 6.45) is 9.47. The molecule has 0 radical (unpaired) electrons. The molecular formula is C31H42N4O5S. The van der Waals surface area contributed by atoms with Gasteiger partial charge in [-0.15, -0.1) is 0 Å². The van der Waals surface area contributed by atoms with Gasteiger partial charge in [-0.2, -0.15) is 0 Å². The number of amides is 1. The predicted octanol–water partition coefficient (Wildman–Crippen LogP) is 4.23. The number of aromatic nitrogens is 2. The molecule has 1 atom stereocenters. The normalized spacial score (nSPS) is 19.2. The second-order valence-electron chi connectivity index (χ2n) is 11.2. The molecule has 10 heteroatoms. The quantitative estimate of drug-likeness (QED) is 0.182. The first-order valence-electron chi connectivity index (χ1n) is 15.2. The molecule has 222 valence electrons. The summed E-state index contributed by atoms with van der Waals surface area (Å²) in [7, 11) is 0. The van der Waals surface area contributed by atoms with Gasteiger partial charge in [0.05, 0.1) is 30.5 Å². The van der Waals surface area contributed by atoms with Crippen molar-refractivity contribution >= 4 is 23.6 Å². The minimum Gasteiger partial charge on any atom is -0.427 e. The Morgan fingerprint density at radius 3 is 2.66 bits per heavy atom. The van der Waals surface area contributed by atoms with E-state index in [-0.39, 0.29) is 23.5 Å². The highest BCUT2D eigenvalue weighted by Gasteiger charge is 2.29. The Labute approximate surface area is 246 Å². The summed E-state index contributed by atoms with van der Waals surface area (Å²) in [5.74, 6) is 0.312. The second-order valence-corrected chi connectivity index (χ2v) is 12.5. The molecule has 1 aromatic heterocycles. The third kappa shape index (κ3) is 7.99. The van der Waals surface area contributed by atoms with Crippen molar-refractivity contribution in [3.63, 3.8) is 0 Å². The SMILES string of the molecule is CCC(=O)Oc1ccc(CNCCC(=O)N2CCc3nc(SC4CCCCC4)n(C[C@H]4CCCO4)c(=O)c3C2)cc1. The molecule has 0 spiro atoms. The third-order valence-electron chi connectivity index (χ3n) is 8.16. The van der Waals surface area contributed by atoms with E-state index in [1.54, 1.807) is 35.7 Å². The van der Waals surface area contributed by atoms with Crippen LogP contribution in [0.3, 0.4) is 0 Å². The smallest absolute Gasteiger partial charge is 0.310 e. The van der Waals surface area contributed by atoms with Crippen molar-refractivity contribution in [2.75, 3.05) is 19.7 Å². The van der Waals surface area contributed by atoms with Crippen molar-refractivity contribution in [1.29, 1.82) is 0 Å². The van der Waals surface area contributed by atoms with Crippen LogP contribution in [0.4, 0.5) is 0 Å². The van der Waals surface area contributed by atoms with Gasteiger partial charge in [-0.05, 0) is 43.4 Å². The summed E-state index contributed by atoms with van der Waals surface area (Å²) in [5.41, 5.74) is 2.55. The number of hydrogen-bond acceptors (Lipinski definition) is 8. The van der Waals surface area contributed by atoms with Gasteiger partial charge in [-0.25, -0.2) is 4.98 Å². The molecule has 1 saturated carbocycles. The molecular weight excluding hydrogens is 540 g/mol. The van der Waals surface area contributed by atoms with Crippen molar-refractivity contribution in [3.8, 4) is 5.75 Å². The molecule has 3 aliphatic rings. The van der Waals surface area contributed by atoms with E-state index in [1.165, 1.54) is 32.1 Å². The number of benzene rings is 1. The molecule has 1 saturated heterocycles. The minimum absolute atomic E-state index is 0.00695. The Morgan fingerprint density at radius 2 is 1.93 bits per heavy atom. The number of esters is 1. The summed E-state index contributed by atoms with van der Waals surface area (Å²) in [6, 6.07) is 7.37. The largest absolute Gasteiger partial charge is 0.427 e. The van der Waals surface area contributed by atoms with Crippen molar-refractivity contribution in [2.45, 2.75) is 107 Å². The highest BCUT2D eigenvalue weighted by molar-refractivity contribution is 7.99. The highest BCUT2D eigenvalue weighted by Crippen LogP contribution is 2.33. The Morgan fingerprint density at radius 1 is 1.12 bits per heavy atom. The van der Waals surface area contributed by atoms with E-state index >= 15 is 0 Å². The summed E-state index contributed by atoms with van der Waals surface area (Å²) < 4.78 is 12.9. The van der Waals surface area contributed by atoms with Crippen LogP contribution in [-0.4, -0.2) is 57.4 Å². The Bertz CT molecular complexity index is 1250. The number of nitrogens with zero attached hydrogens (tertiary/aromatic N) is 3. The van der Waals surface area contributed by atoms with Crippen LogP contribution in [0, 0.1) is 0 Å². The van der Waals surface area contributed by atoms with Gasteiger partial charge < -0.3 is 19.7 Å². The lowest BCUT2D eigenvalue weighted by Gasteiger charge is -2.30. The van der Waals surface area contributed by atoms with Crippen molar-refractivity contribution in [1.82, 2.24) is 19.8 Å². The van der Waals surface area contributed by atoms with Crippen LogP contribution in [0.5, 0.6) is 5.75 Å². The van der Waals surface area contributed by atoms with E-state index in [2.05, 4.69) is 5.32 Å². The maximum Gasteiger partial charge on any atom is 0.310 e. The zero-order valence-corrected chi connectivity index (χ0v) is 24.9. The fourth-order valence-electron chi connectivity index (χ4n) is 5.75. The lowest BCUT2D eigenvalue weighted by molar-refractivity contribution is -0.134. The molecule has 0 bridgehead atoms. The summed E-state index contributed by atoms with van der Waals surface area (Å²) in [6.45, 7) is 5.09. The second kappa shape index (κ2) is 14.5. The van der Waals surface area contributed by atoms with Crippen molar-refractivity contribution in [3.05, 3.63) is 51.4 Å². The topological polar surface area (TPSA) is 103 Å². The molecule has 9 nitrogen and oxygen atoms in total. The van der Waals surface area contributed by atoms with Crippen molar-refractivity contribution in [2.24, 2.45) is 0 Å². The number of thioether (sulfide) groups is 1. The lowest BCUT2D eigenvalue weighted by Crippen LogP contribution is -2.42. The zero-order chi connectivity index (χ0) is 28.6. The first-order chi connectivity index (χ1) is 20.0. The number of ether oxygens (including phenoxy) is 2. The average molecular weight is 583 g/mol. The highest BCUT2D eigenvalue weighted by atomic mass is 32.2. The van der Waals surface area contributed by atoms with Crippen molar-refractivity contribution < 1.29 is 19.1 Å². The summed E-state index contributed by atoms with van der Waals surface area (Å²) in [5, 5.41) is 4.66. The molecule has 2 aliphatic heterocycles. The Balaban J connectivity index is 1.18. The maximum absolute atomic E-state index is 13.8. The molecule has 2 fully saturated rings. The van der Waals surface area contributed by atoms with Crippen LogP contribution in [0.1, 0.15) is 81.5 Å². The monoisotopic (exact) mass is 582 g/mol. The summed E-state index contributed by atoms with van der Waals surface area (Å²) in [4.78, 5) is 45.2. The molecule has 1 amide bonds. The number of hydrogen-bond donors (Lipinski definition) is 1. The zero-order valence-electron chi connectivity index (χ0n) is 24.1. The van der Waals surface area contributed by atoms with E-state index in [4.69, 9.17) is 14.5 Å². The van der Waals surface area contributed by atoms with Gasteiger partial charge in [0.1, 0.15) is 5.75 Å². The molecule has 2 aromatic rings. The number of carbonyl (C=O) groups excluding carboxylic acids is 2. The minimum atomic E-state index is -0.258. The van der Waals surface area contributed by atoms with Crippen LogP contribution >= 0.6 is 11.8 Å². The number of rotatable bonds is 11. The molecule has 0 unspecified atom stereocenters. The molecule has 1 aromatic carbocycles. The van der Waals surface area contributed by atoms with Gasteiger partial charge in [0.15, 0.2) is 5.16 Å². The van der Waals surface area contributed by atoms with Gasteiger partial charge in [0.25, 0.3) is 5.56 Å². The van der Waals surface area contributed by atoms with Crippen LogP contribution in [0.15, 0.2) is 34.2 Å². The fourth-order valence-corrected chi connectivity index (χ4v) is 7.06. The molecule has 1 N–H and O–H groups in total. The van der Waals surface area contributed by atoms with Gasteiger partial charge >= 0.3 is 5.97 Å². The lowest BCUT2D eigenvalue weighted by atomic mass is 10.0. The first-order valence-corrected chi connectivity index (χ1v) is 16.1. The Hall–Kier alpha value is -2.69. The van der Waals surface area contributed by atoms with E-state index in [0.29, 0.717) is 68.5 Å². The van der Waals surface area contributed by atoms with E-state index in [0.717, 1.165) is 35.9 Å². The van der Waals surface area contributed by atoms with Gasteiger partial charge in [0, 0.05) is 50.8 Å². The van der Waals surface area contributed by atoms with Gasteiger partial charge in [-0.3, -0.25) is 19.0 Å². The van der Waals surface area contributed by atoms with E-state index < -0.39 is 0 Å². The molecule has 41 heavy (non-hydrogen) atoms.